The molecule has 0 radical (unpaired) electrons. The molecule has 0 aliphatic heterocycles. The number of halogens is 1. The monoisotopic (exact) mass is 419 g/mol. The largest absolute Gasteiger partial charge is 0.423 e. The van der Waals surface area contributed by atoms with Crippen molar-refractivity contribution in [2.75, 3.05) is 11.9 Å². The molecule has 2 aromatic carbocycles. The van der Waals surface area contributed by atoms with Crippen LogP contribution in [0, 0.1) is 10.5 Å². The summed E-state index contributed by atoms with van der Waals surface area (Å²) in [6.45, 7) is 1.85. The summed E-state index contributed by atoms with van der Waals surface area (Å²) in [7, 11) is 1.74. The second kappa shape index (κ2) is 6.16. The number of aryl methyl sites for hydroxylation is 1. The van der Waals surface area contributed by atoms with Crippen molar-refractivity contribution in [3.05, 3.63) is 73.6 Å². The van der Waals surface area contributed by atoms with E-state index in [4.69, 9.17) is 4.42 Å². The highest BCUT2D eigenvalue weighted by Gasteiger charge is 2.16. The van der Waals surface area contributed by atoms with Gasteiger partial charge in [-0.2, -0.15) is 0 Å². The highest BCUT2D eigenvalue weighted by Crippen LogP contribution is 2.25. The zero-order chi connectivity index (χ0) is 16.6. The second-order valence-corrected chi connectivity index (χ2v) is 6.44. The normalized spacial score (nSPS) is 10.7. The fourth-order valence-corrected chi connectivity index (χ4v) is 3.07. The van der Waals surface area contributed by atoms with Crippen LogP contribution in [0.1, 0.15) is 15.9 Å². The number of amides is 1. The Morgan fingerprint density at radius 2 is 1.87 bits per heavy atom. The van der Waals surface area contributed by atoms with Gasteiger partial charge in [0.1, 0.15) is 5.58 Å². The molecule has 0 aliphatic rings. The van der Waals surface area contributed by atoms with Crippen LogP contribution in [-0.2, 0) is 0 Å². The van der Waals surface area contributed by atoms with E-state index in [1.807, 2.05) is 37.3 Å². The molecule has 1 aromatic heterocycles. The third-order valence-corrected chi connectivity index (χ3v) is 4.67. The molecule has 1 heterocycles. The third kappa shape index (κ3) is 3.01. The Bertz CT molecular complexity index is 962. The lowest BCUT2D eigenvalue weighted by Crippen LogP contribution is -2.26. The molecule has 3 aromatic rings. The summed E-state index contributed by atoms with van der Waals surface area (Å²) in [4.78, 5) is 25.7. The first-order valence-electron chi connectivity index (χ1n) is 7.04. The van der Waals surface area contributed by atoms with Gasteiger partial charge in [-0.3, -0.25) is 4.79 Å². The first-order chi connectivity index (χ1) is 11.0. The first kappa shape index (κ1) is 15.7. The second-order valence-electron chi connectivity index (χ2n) is 5.27. The van der Waals surface area contributed by atoms with Crippen LogP contribution in [0.5, 0.6) is 0 Å². The number of hydrogen-bond acceptors (Lipinski definition) is 3. The lowest BCUT2D eigenvalue weighted by Gasteiger charge is -2.18. The van der Waals surface area contributed by atoms with Crippen LogP contribution in [0.2, 0.25) is 0 Å². The maximum absolute atomic E-state index is 12.7. The van der Waals surface area contributed by atoms with Crippen molar-refractivity contribution in [1.29, 1.82) is 0 Å². The summed E-state index contributed by atoms with van der Waals surface area (Å²) in [6, 6.07) is 14.3. The minimum Gasteiger partial charge on any atom is -0.423 e. The van der Waals surface area contributed by atoms with Crippen molar-refractivity contribution < 1.29 is 9.21 Å². The van der Waals surface area contributed by atoms with Crippen LogP contribution in [0.15, 0.2) is 57.7 Å². The Balaban J connectivity index is 2.04. The van der Waals surface area contributed by atoms with E-state index in [1.54, 1.807) is 24.1 Å². The Morgan fingerprint density at radius 3 is 2.61 bits per heavy atom. The molecule has 1 amide bonds. The van der Waals surface area contributed by atoms with E-state index in [0.717, 1.165) is 20.2 Å². The van der Waals surface area contributed by atoms with Gasteiger partial charge in [-0.1, -0.05) is 12.1 Å². The molecule has 0 spiro atoms. The number of benzene rings is 2. The van der Waals surface area contributed by atoms with Gasteiger partial charge in [-0.25, -0.2) is 4.79 Å². The Morgan fingerprint density at radius 1 is 1.13 bits per heavy atom. The summed E-state index contributed by atoms with van der Waals surface area (Å²) in [5.74, 6) is -0.0793. The van der Waals surface area contributed by atoms with E-state index in [0.29, 0.717) is 11.1 Å². The van der Waals surface area contributed by atoms with Crippen molar-refractivity contribution in [3.8, 4) is 0 Å². The topological polar surface area (TPSA) is 50.5 Å². The van der Waals surface area contributed by atoms with Gasteiger partial charge in [0.25, 0.3) is 5.91 Å². The molecule has 5 heteroatoms. The lowest BCUT2D eigenvalue weighted by molar-refractivity contribution is 0.0992. The molecule has 0 saturated carbocycles. The number of rotatable bonds is 2. The number of anilines is 1. The number of nitrogens with zero attached hydrogens (tertiary/aromatic N) is 1. The third-order valence-electron chi connectivity index (χ3n) is 3.73. The van der Waals surface area contributed by atoms with E-state index < -0.39 is 0 Å². The molecule has 0 bridgehead atoms. The van der Waals surface area contributed by atoms with E-state index in [2.05, 4.69) is 22.6 Å². The quantitative estimate of drug-likeness (QED) is 0.467. The molecule has 4 nitrogen and oxygen atoms in total. The van der Waals surface area contributed by atoms with E-state index in [-0.39, 0.29) is 11.5 Å². The number of carbonyl (C=O) groups excluding carboxylic acids is 1. The Hall–Kier alpha value is -2.15. The molecular weight excluding hydrogens is 405 g/mol. The van der Waals surface area contributed by atoms with Gasteiger partial charge in [0.2, 0.25) is 0 Å². The zero-order valence-corrected chi connectivity index (χ0v) is 14.8. The Kier molecular flexibility index (Phi) is 4.21. The van der Waals surface area contributed by atoms with Crippen LogP contribution in [0.3, 0.4) is 0 Å². The van der Waals surface area contributed by atoms with Gasteiger partial charge in [0, 0.05) is 27.8 Å². The average molecular weight is 419 g/mol. The predicted molar refractivity (Wildman–Crippen MR) is 99.1 cm³/mol. The lowest BCUT2D eigenvalue weighted by atomic mass is 10.1. The van der Waals surface area contributed by atoms with Gasteiger partial charge in [-0.15, -0.1) is 0 Å². The SMILES string of the molecule is Cc1cc(=O)oc2ccc(N(C)C(=O)c3ccccc3I)cc12. The summed E-state index contributed by atoms with van der Waals surface area (Å²) < 4.78 is 6.09. The van der Waals surface area contributed by atoms with Gasteiger partial charge < -0.3 is 9.32 Å². The molecule has 0 fully saturated rings. The molecule has 0 N–H and O–H groups in total. The number of fused-ring (bicyclic) bond motifs is 1. The van der Waals surface area contributed by atoms with Crippen LogP contribution < -0.4 is 10.5 Å². The smallest absolute Gasteiger partial charge is 0.336 e. The first-order valence-corrected chi connectivity index (χ1v) is 8.12. The number of hydrogen-bond donors (Lipinski definition) is 0. The van der Waals surface area contributed by atoms with Crippen molar-refractivity contribution in [2.45, 2.75) is 6.92 Å². The molecular formula is C18H14INO3. The molecule has 3 rings (SSSR count). The molecule has 0 aliphatic carbocycles. The average Bonchev–Trinajstić information content (AvgIpc) is 2.53. The minimum atomic E-state index is -0.369. The minimum absolute atomic E-state index is 0.0793. The fraction of sp³-hybridized carbons (Fsp3) is 0.111. The predicted octanol–water partition coefficient (Wildman–Crippen LogP) is 3.98. The summed E-state index contributed by atoms with van der Waals surface area (Å²) >= 11 is 2.15. The summed E-state index contributed by atoms with van der Waals surface area (Å²) in [6.07, 6.45) is 0. The zero-order valence-electron chi connectivity index (χ0n) is 12.7. The maximum atomic E-state index is 12.7. The van der Waals surface area contributed by atoms with Gasteiger partial charge in [0.05, 0.1) is 5.56 Å². The van der Waals surface area contributed by atoms with Gasteiger partial charge in [-0.05, 0) is 65.4 Å². The highest BCUT2D eigenvalue weighted by atomic mass is 127. The number of carbonyl (C=O) groups is 1. The molecule has 0 saturated heterocycles. The molecule has 23 heavy (non-hydrogen) atoms. The van der Waals surface area contributed by atoms with Crippen LogP contribution >= 0.6 is 22.6 Å². The summed E-state index contributed by atoms with van der Waals surface area (Å²) in [5, 5.41) is 0.824. The Labute approximate surface area is 146 Å². The van der Waals surface area contributed by atoms with Crippen molar-refractivity contribution in [3.63, 3.8) is 0 Å². The standard InChI is InChI=1S/C18H14INO3/c1-11-9-17(21)23-16-8-7-12(10-14(11)16)20(2)18(22)13-5-3-4-6-15(13)19/h3-10H,1-2H3. The van der Waals surface area contributed by atoms with Crippen molar-refractivity contribution in [2.24, 2.45) is 0 Å². The van der Waals surface area contributed by atoms with Crippen LogP contribution in [0.4, 0.5) is 5.69 Å². The van der Waals surface area contributed by atoms with E-state index in [9.17, 15) is 9.59 Å². The summed E-state index contributed by atoms with van der Waals surface area (Å²) in [5.41, 5.74) is 2.39. The van der Waals surface area contributed by atoms with Crippen LogP contribution in [-0.4, -0.2) is 13.0 Å². The van der Waals surface area contributed by atoms with Crippen molar-refractivity contribution in [1.82, 2.24) is 0 Å². The maximum Gasteiger partial charge on any atom is 0.336 e. The molecule has 116 valence electrons. The van der Waals surface area contributed by atoms with E-state index >= 15 is 0 Å². The van der Waals surface area contributed by atoms with Gasteiger partial charge >= 0.3 is 5.63 Å². The van der Waals surface area contributed by atoms with E-state index in [1.165, 1.54) is 6.07 Å². The van der Waals surface area contributed by atoms with Gasteiger partial charge in [0.15, 0.2) is 0 Å². The van der Waals surface area contributed by atoms with Crippen LogP contribution in [0.25, 0.3) is 11.0 Å². The highest BCUT2D eigenvalue weighted by molar-refractivity contribution is 14.1. The molecule has 0 unspecified atom stereocenters. The fourth-order valence-electron chi connectivity index (χ4n) is 2.45. The van der Waals surface area contributed by atoms with Crippen molar-refractivity contribution >= 4 is 45.2 Å². The molecule has 0 atom stereocenters.